The summed E-state index contributed by atoms with van der Waals surface area (Å²) >= 11 is 12.3. The van der Waals surface area contributed by atoms with Gasteiger partial charge in [-0.05, 0) is 56.7 Å². The first-order valence-electron chi connectivity index (χ1n) is 7.01. The molecule has 112 valence electrons. The summed E-state index contributed by atoms with van der Waals surface area (Å²) in [5.74, 6) is 0.720. The fourth-order valence-corrected chi connectivity index (χ4v) is 2.61. The monoisotopic (exact) mass is 315 g/mol. The van der Waals surface area contributed by atoms with Crippen molar-refractivity contribution in [2.75, 3.05) is 6.61 Å². The topological polar surface area (TPSA) is 35.2 Å². The molecule has 20 heavy (non-hydrogen) atoms. The van der Waals surface area contributed by atoms with Gasteiger partial charge in [-0.1, -0.05) is 29.3 Å². The van der Waals surface area contributed by atoms with Crippen LogP contribution in [0.15, 0.2) is 24.8 Å². The van der Waals surface area contributed by atoms with E-state index in [1.807, 2.05) is 19.1 Å². The summed E-state index contributed by atoms with van der Waals surface area (Å²) in [6.45, 7) is 6.32. The molecule has 0 aromatic heterocycles. The summed E-state index contributed by atoms with van der Waals surface area (Å²) in [4.78, 5) is 0. The fraction of sp³-hybridized carbons (Fsp3) is 0.500. The minimum absolute atomic E-state index is 0.0412. The van der Waals surface area contributed by atoms with E-state index in [9.17, 15) is 0 Å². The zero-order valence-electron chi connectivity index (χ0n) is 12.0. The van der Waals surface area contributed by atoms with Crippen LogP contribution in [-0.2, 0) is 6.42 Å². The van der Waals surface area contributed by atoms with Crippen molar-refractivity contribution in [3.8, 4) is 5.75 Å². The maximum absolute atomic E-state index is 6.22. The van der Waals surface area contributed by atoms with Crippen LogP contribution in [0, 0.1) is 0 Å². The minimum Gasteiger partial charge on any atom is -0.492 e. The lowest BCUT2D eigenvalue weighted by atomic mass is 10.1. The van der Waals surface area contributed by atoms with Crippen molar-refractivity contribution in [3.05, 3.63) is 40.4 Å². The third-order valence-corrected chi connectivity index (χ3v) is 3.43. The predicted molar refractivity (Wildman–Crippen MR) is 88.0 cm³/mol. The Labute approximate surface area is 131 Å². The fourth-order valence-electron chi connectivity index (χ4n) is 2.02. The van der Waals surface area contributed by atoms with E-state index in [0.29, 0.717) is 23.1 Å². The minimum atomic E-state index is 0.0412. The van der Waals surface area contributed by atoms with E-state index < -0.39 is 0 Å². The van der Waals surface area contributed by atoms with Gasteiger partial charge < -0.3 is 10.5 Å². The van der Waals surface area contributed by atoms with Crippen molar-refractivity contribution >= 4 is 23.2 Å². The van der Waals surface area contributed by atoms with Crippen molar-refractivity contribution in [2.45, 2.75) is 45.1 Å². The molecule has 0 aliphatic carbocycles. The second kappa shape index (κ2) is 9.28. The highest BCUT2D eigenvalue weighted by atomic mass is 35.5. The SMILES string of the molecule is C=CCCCCCOc1c(Cl)cc(Cl)cc1CC(C)N. The molecule has 1 unspecified atom stereocenters. The first-order valence-corrected chi connectivity index (χ1v) is 7.77. The molecular weight excluding hydrogens is 293 g/mol. The second-order valence-corrected chi connectivity index (χ2v) is 5.89. The third-order valence-electron chi connectivity index (χ3n) is 2.93. The molecule has 0 saturated heterocycles. The molecule has 1 rings (SSSR count). The summed E-state index contributed by atoms with van der Waals surface area (Å²) in [6.07, 6.45) is 6.97. The maximum atomic E-state index is 6.22. The number of unbranched alkanes of at least 4 members (excludes halogenated alkanes) is 3. The highest BCUT2D eigenvalue weighted by Gasteiger charge is 2.12. The molecule has 0 bridgehead atoms. The summed E-state index contributed by atoms with van der Waals surface area (Å²) in [5.41, 5.74) is 6.83. The van der Waals surface area contributed by atoms with Crippen LogP contribution in [0.5, 0.6) is 5.75 Å². The van der Waals surface area contributed by atoms with Gasteiger partial charge in [0, 0.05) is 11.1 Å². The van der Waals surface area contributed by atoms with Gasteiger partial charge in [0.1, 0.15) is 5.75 Å². The van der Waals surface area contributed by atoms with Crippen LogP contribution in [0.4, 0.5) is 0 Å². The zero-order chi connectivity index (χ0) is 15.0. The van der Waals surface area contributed by atoms with Crippen molar-refractivity contribution < 1.29 is 4.74 Å². The lowest BCUT2D eigenvalue weighted by Crippen LogP contribution is -2.18. The lowest BCUT2D eigenvalue weighted by molar-refractivity contribution is 0.302. The quantitative estimate of drug-likeness (QED) is 0.513. The maximum Gasteiger partial charge on any atom is 0.141 e. The molecule has 0 radical (unpaired) electrons. The van der Waals surface area contributed by atoms with Gasteiger partial charge in [0.25, 0.3) is 0 Å². The van der Waals surface area contributed by atoms with Crippen LogP contribution in [-0.4, -0.2) is 12.6 Å². The number of hydrogen-bond donors (Lipinski definition) is 1. The molecule has 4 heteroatoms. The normalized spacial score (nSPS) is 12.2. The molecule has 0 saturated carbocycles. The summed E-state index contributed by atoms with van der Waals surface area (Å²) in [5, 5.41) is 1.17. The van der Waals surface area contributed by atoms with Gasteiger partial charge in [-0.3, -0.25) is 0 Å². The highest BCUT2D eigenvalue weighted by molar-refractivity contribution is 6.35. The van der Waals surface area contributed by atoms with E-state index in [0.717, 1.165) is 37.0 Å². The van der Waals surface area contributed by atoms with Gasteiger partial charge in [-0.15, -0.1) is 6.58 Å². The highest BCUT2D eigenvalue weighted by Crippen LogP contribution is 2.33. The molecule has 0 amide bonds. The van der Waals surface area contributed by atoms with Gasteiger partial charge in [0.2, 0.25) is 0 Å². The van der Waals surface area contributed by atoms with Gasteiger partial charge >= 0.3 is 0 Å². The molecule has 1 aromatic carbocycles. The number of allylic oxidation sites excluding steroid dienone is 1. The molecule has 1 atom stereocenters. The number of halogens is 2. The van der Waals surface area contributed by atoms with Crippen molar-refractivity contribution in [1.29, 1.82) is 0 Å². The Bertz CT molecular complexity index is 433. The van der Waals surface area contributed by atoms with E-state index >= 15 is 0 Å². The molecule has 2 N–H and O–H groups in total. The molecule has 0 spiro atoms. The second-order valence-electron chi connectivity index (χ2n) is 5.04. The van der Waals surface area contributed by atoms with Crippen molar-refractivity contribution in [1.82, 2.24) is 0 Å². The van der Waals surface area contributed by atoms with Crippen LogP contribution in [0.2, 0.25) is 10.0 Å². The first kappa shape index (κ1) is 17.4. The van der Waals surface area contributed by atoms with Crippen molar-refractivity contribution in [2.24, 2.45) is 5.73 Å². The molecule has 0 aliphatic heterocycles. The molecular formula is C16H23Cl2NO. The summed E-state index contributed by atoms with van der Waals surface area (Å²) in [7, 11) is 0. The number of ether oxygens (including phenoxy) is 1. The summed E-state index contributed by atoms with van der Waals surface area (Å²) < 4.78 is 5.83. The van der Waals surface area contributed by atoms with Crippen LogP contribution < -0.4 is 10.5 Å². The lowest BCUT2D eigenvalue weighted by Gasteiger charge is -2.15. The molecule has 0 heterocycles. The number of benzene rings is 1. The van der Waals surface area contributed by atoms with Crippen LogP contribution in [0.1, 0.15) is 38.2 Å². The Kier molecular flexibility index (Phi) is 8.05. The van der Waals surface area contributed by atoms with E-state index in [-0.39, 0.29) is 6.04 Å². The Morgan fingerprint density at radius 3 is 2.70 bits per heavy atom. The Morgan fingerprint density at radius 2 is 2.05 bits per heavy atom. The van der Waals surface area contributed by atoms with Crippen LogP contribution in [0.25, 0.3) is 0 Å². The Hall–Kier alpha value is -0.700. The number of nitrogens with two attached hydrogens (primary N) is 1. The zero-order valence-corrected chi connectivity index (χ0v) is 13.5. The molecule has 2 nitrogen and oxygen atoms in total. The molecule has 0 fully saturated rings. The average molecular weight is 316 g/mol. The van der Waals surface area contributed by atoms with Gasteiger partial charge in [0.15, 0.2) is 0 Å². The van der Waals surface area contributed by atoms with Crippen molar-refractivity contribution in [3.63, 3.8) is 0 Å². The predicted octanol–water partition coefficient (Wildman–Crippen LogP) is 5.01. The Morgan fingerprint density at radius 1 is 1.30 bits per heavy atom. The van der Waals surface area contributed by atoms with E-state index in [2.05, 4.69) is 6.58 Å². The summed E-state index contributed by atoms with van der Waals surface area (Å²) in [6, 6.07) is 3.63. The molecule has 0 aliphatic rings. The van der Waals surface area contributed by atoms with Gasteiger partial charge in [-0.2, -0.15) is 0 Å². The first-order chi connectivity index (χ1) is 9.54. The smallest absolute Gasteiger partial charge is 0.141 e. The van der Waals surface area contributed by atoms with Gasteiger partial charge in [0.05, 0.1) is 11.6 Å². The van der Waals surface area contributed by atoms with Crippen LogP contribution >= 0.6 is 23.2 Å². The van der Waals surface area contributed by atoms with E-state index in [1.165, 1.54) is 0 Å². The number of rotatable bonds is 9. The average Bonchev–Trinajstić information content (AvgIpc) is 2.35. The molecule has 1 aromatic rings. The van der Waals surface area contributed by atoms with Crippen LogP contribution in [0.3, 0.4) is 0 Å². The largest absolute Gasteiger partial charge is 0.492 e. The standard InChI is InChI=1S/C16H23Cl2NO/c1-3-4-5-6-7-8-20-16-13(9-12(2)19)10-14(17)11-15(16)18/h3,10-12H,1,4-9,19H2,2H3. The number of hydrogen-bond acceptors (Lipinski definition) is 2. The Balaban J connectivity index is 2.60. The van der Waals surface area contributed by atoms with Gasteiger partial charge in [-0.25, -0.2) is 0 Å². The van der Waals surface area contributed by atoms with E-state index in [4.69, 9.17) is 33.7 Å². The third kappa shape index (κ3) is 6.17. The van der Waals surface area contributed by atoms with E-state index in [1.54, 1.807) is 6.07 Å².